The Morgan fingerprint density at radius 1 is 1.30 bits per heavy atom. The molecule has 2 amide bonds. The molecule has 6 heteroatoms. The van der Waals surface area contributed by atoms with Gasteiger partial charge in [0.25, 0.3) is 11.8 Å². The molecule has 0 aliphatic carbocycles. The molecule has 1 saturated heterocycles. The molecule has 2 aliphatic rings. The highest BCUT2D eigenvalue weighted by Gasteiger charge is 2.53. The molecule has 0 aromatic heterocycles. The van der Waals surface area contributed by atoms with Crippen molar-refractivity contribution in [3.63, 3.8) is 0 Å². The second-order valence-electron chi connectivity index (χ2n) is 4.99. The van der Waals surface area contributed by atoms with Crippen molar-refractivity contribution in [2.24, 2.45) is 0 Å². The third-order valence-corrected chi connectivity index (χ3v) is 3.92. The SMILES string of the molecule is CN1C(=O)c2ccccc2[C@@]1(O)C(=O)N1CCOCC1. The first-order valence-electron chi connectivity index (χ1n) is 6.54. The monoisotopic (exact) mass is 276 g/mol. The third kappa shape index (κ3) is 1.65. The summed E-state index contributed by atoms with van der Waals surface area (Å²) in [5.74, 6) is -0.814. The van der Waals surface area contributed by atoms with Crippen LogP contribution >= 0.6 is 0 Å². The van der Waals surface area contributed by atoms with Gasteiger partial charge in [-0.05, 0) is 6.07 Å². The Morgan fingerprint density at radius 2 is 1.95 bits per heavy atom. The molecule has 0 radical (unpaired) electrons. The lowest BCUT2D eigenvalue weighted by atomic mass is 10.00. The van der Waals surface area contributed by atoms with Crippen molar-refractivity contribution >= 4 is 11.8 Å². The molecule has 1 fully saturated rings. The van der Waals surface area contributed by atoms with Crippen molar-refractivity contribution in [3.8, 4) is 0 Å². The molecule has 1 N–H and O–H groups in total. The molecular formula is C14H16N2O4. The van der Waals surface area contributed by atoms with Gasteiger partial charge in [-0.25, -0.2) is 0 Å². The average Bonchev–Trinajstić information content (AvgIpc) is 2.71. The zero-order valence-electron chi connectivity index (χ0n) is 11.2. The van der Waals surface area contributed by atoms with E-state index in [1.54, 1.807) is 24.3 Å². The van der Waals surface area contributed by atoms with E-state index in [0.717, 1.165) is 4.90 Å². The summed E-state index contributed by atoms with van der Waals surface area (Å²) >= 11 is 0. The summed E-state index contributed by atoms with van der Waals surface area (Å²) in [6.45, 7) is 1.74. The van der Waals surface area contributed by atoms with Crippen molar-refractivity contribution in [1.29, 1.82) is 0 Å². The highest BCUT2D eigenvalue weighted by molar-refractivity contribution is 6.05. The first-order chi connectivity index (χ1) is 9.56. The maximum absolute atomic E-state index is 12.7. The van der Waals surface area contributed by atoms with Gasteiger partial charge in [0.1, 0.15) is 0 Å². The van der Waals surface area contributed by atoms with Crippen molar-refractivity contribution in [3.05, 3.63) is 35.4 Å². The molecule has 1 aromatic carbocycles. The van der Waals surface area contributed by atoms with E-state index >= 15 is 0 Å². The lowest BCUT2D eigenvalue weighted by Gasteiger charge is -2.36. The molecule has 2 heterocycles. The smallest absolute Gasteiger partial charge is 0.281 e. The highest BCUT2D eigenvalue weighted by atomic mass is 16.5. The number of aliphatic hydroxyl groups is 1. The summed E-state index contributed by atoms with van der Waals surface area (Å²) < 4.78 is 5.21. The van der Waals surface area contributed by atoms with E-state index < -0.39 is 11.6 Å². The van der Waals surface area contributed by atoms with E-state index in [0.29, 0.717) is 37.4 Å². The number of carbonyl (C=O) groups is 2. The Balaban J connectivity index is 2.02. The molecule has 0 saturated carbocycles. The van der Waals surface area contributed by atoms with Gasteiger partial charge in [0, 0.05) is 31.3 Å². The first-order valence-corrected chi connectivity index (χ1v) is 6.54. The molecule has 1 atom stereocenters. The summed E-state index contributed by atoms with van der Waals surface area (Å²) in [5, 5.41) is 10.9. The van der Waals surface area contributed by atoms with E-state index in [-0.39, 0.29) is 5.91 Å². The lowest BCUT2D eigenvalue weighted by molar-refractivity contribution is -0.171. The fourth-order valence-electron chi connectivity index (χ4n) is 2.73. The topological polar surface area (TPSA) is 70.1 Å². The predicted octanol–water partition coefficient (Wildman–Crippen LogP) is -0.224. The number of hydrogen-bond donors (Lipinski definition) is 1. The van der Waals surface area contributed by atoms with Gasteiger partial charge in [0.15, 0.2) is 0 Å². The minimum atomic E-state index is -1.91. The van der Waals surface area contributed by atoms with Crippen LogP contribution in [-0.4, -0.2) is 60.1 Å². The Bertz CT molecular complexity index is 568. The number of amides is 2. The van der Waals surface area contributed by atoms with Gasteiger partial charge >= 0.3 is 0 Å². The van der Waals surface area contributed by atoms with Crippen molar-refractivity contribution in [2.75, 3.05) is 33.4 Å². The number of hydrogen-bond acceptors (Lipinski definition) is 4. The number of nitrogens with zero attached hydrogens (tertiary/aromatic N) is 2. The Morgan fingerprint density at radius 3 is 2.65 bits per heavy atom. The molecule has 1 aromatic rings. The van der Waals surface area contributed by atoms with Gasteiger partial charge in [-0.3, -0.25) is 9.59 Å². The van der Waals surface area contributed by atoms with Crippen molar-refractivity contribution in [1.82, 2.24) is 9.80 Å². The average molecular weight is 276 g/mol. The minimum absolute atomic E-state index is 0.343. The number of likely N-dealkylation sites (N-methyl/N-ethyl adjacent to an activating group) is 1. The summed E-state index contributed by atoms with van der Waals surface area (Å²) in [4.78, 5) is 27.5. The highest BCUT2D eigenvalue weighted by Crippen LogP contribution is 2.37. The number of rotatable bonds is 1. The summed E-state index contributed by atoms with van der Waals surface area (Å²) in [6.07, 6.45) is 0. The number of carbonyl (C=O) groups excluding carboxylic acids is 2. The molecule has 3 rings (SSSR count). The van der Waals surface area contributed by atoms with Crippen LogP contribution < -0.4 is 0 Å². The van der Waals surface area contributed by atoms with Crippen LogP contribution in [0.5, 0.6) is 0 Å². The van der Waals surface area contributed by atoms with E-state index in [1.807, 2.05) is 0 Å². The molecule has 2 aliphatic heterocycles. The van der Waals surface area contributed by atoms with Gasteiger partial charge in [0.2, 0.25) is 5.72 Å². The summed E-state index contributed by atoms with van der Waals surface area (Å²) in [5.41, 5.74) is -1.19. The molecule has 0 unspecified atom stereocenters. The van der Waals surface area contributed by atoms with Crippen LogP contribution in [-0.2, 0) is 15.3 Å². The first kappa shape index (κ1) is 13.1. The molecular weight excluding hydrogens is 260 g/mol. The van der Waals surface area contributed by atoms with Gasteiger partial charge in [-0.2, -0.15) is 0 Å². The van der Waals surface area contributed by atoms with Crippen molar-refractivity contribution in [2.45, 2.75) is 5.72 Å². The van der Waals surface area contributed by atoms with Gasteiger partial charge in [-0.1, -0.05) is 18.2 Å². The Hall–Kier alpha value is -1.92. The fraction of sp³-hybridized carbons (Fsp3) is 0.429. The third-order valence-electron chi connectivity index (χ3n) is 3.92. The number of morpholine rings is 1. The quantitative estimate of drug-likeness (QED) is 0.769. The fourth-order valence-corrected chi connectivity index (χ4v) is 2.73. The van der Waals surface area contributed by atoms with E-state index in [4.69, 9.17) is 4.74 Å². The van der Waals surface area contributed by atoms with Crippen LogP contribution in [0.15, 0.2) is 24.3 Å². The standard InChI is InChI=1S/C14H16N2O4/c1-15-12(17)10-4-2-3-5-11(10)14(15,19)13(18)16-6-8-20-9-7-16/h2-5,19H,6-9H2,1H3/t14-/m1/s1. The van der Waals surface area contributed by atoms with Crippen LogP contribution in [0.1, 0.15) is 15.9 Å². The number of ether oxygens (including phenoxy) is 1. The van der Waals surface area contributed by atoms with E-state index in [9.17, 15) is 14.7 Å². The van der Waals surface area contributed by atoms with Gasteiger partial charge in [0.05, 0.1) is 13.2 Å². The van der Waals surface area contributed by atoms with Crippen molar-refractivity contribution < 1.29 is 19.4 Å². The second kappa shape index (κ2) is 4.57. The Labute approximate surface area is 116 Å². The second-order valence-corrected chi connectivity index (χ2v) is 4.99. The molecule has 0 bridgehead atoms. The maximum atomic E-state index is 12.7. The van der Waals surface area contributed by atoms with Crippen LogP contribution in [0.25, 0.3) is 0 Å². The van der Waals surface area contributed by atoms with E-state index in [1.165, 1.54) is 11.9 Å². The summed E-state index contributed by atoms with van der Waals surface area (Å²) in [6, 6.07) is 6.67. The zero-order chi connectivity index (χ0) is 14.3. The van der Waals surface area contributed by atoms with Crippen LogP contribution in [0.2, 0.25) is 0 Å². The molecule has 6 nitrogen and oxygen atoms in total. The predicted molar refractivity (Wildman–Crippen MR) is 69.8 cm³/mol. The Kier molecular flexibility index (Phi) is 2.99. The zero-order valence-corrected chi connectivity index (χ0v) is 11.2. The minimum Gasteiger partial charge on any atom is -0.378 e. The number of fused-ring (bicyclic) bond motifs is 1. The maximum Gasteiger partial charge on any atom is 0.281 e. The van der Waals surface area contributed by atoms with Gasteiger partial charge < -0.3 is 19.6 Å². The van der Waals surface area contributed by atoms with Crippen LogP contribution in [0.4, 0.5) is 0 Å². The van der Waals surface area contributed by atoms with Crippen LogP contribution in [0.3, 0.4) is 0 Å². The molecule has 20 heavy (non-hydrogen) atoms. The normalized spacial score (nSPS) is 25.8. The van der Waals surface area contributed by atoms with E-state index in [2.05, 4.69) is 0 Å². The number of benzene rings is 1. The molecule has 106 valence electrons. The largest absolute Gasteiger partial charge is 0.378 e. The lowest BCUT2D eigenvalue weighted by Crippen LogP contribution is -2.56. The molecule has 0 spiro atoms. The van der Waals surface area contributed by atoms with Crippen LogP contribution in [0, 0.1) is 0 Å². The summed E-state index contributed by atoms with van der Waals surface area (Å²) in [7, 11) is 1.45. The van der Waals surface area contributed by atoms with Gasteiger partial charge in [-0.15, -0.1) is 0 Å².